The second kappa shape index (κ2) is 6.67. The zero-order chi connectivity index (χ0) is 17.4. The standard InChI is InChI=1S/C19H26N4O2/c1-14-10-16(15(2)25-14)19(24)22-8-5-9-23-13-20-17(18(23)12-22)11-21-6-3-4-7-21/h10,13H,3-9,11-12H2,1-2H3. The average Bonchev–Trinajstić information content (AvgIpc) is 3.26. The molecule has 0 aliphatic carbocycles. The molecule has 0 aromatic carbocycles. The van der Waals surface area contributed by atoms with Gasteiger partial charge in [0.2, 0.25) is 0 Å². The van der Waals surface area contributed by atoms with Gasteiger partial charge in [-0.2, -0.15) is 0 Å². The van der Waals surface area contributed by atoms with Crippen LogP contribution in [0, 0.1) is 13.8 Å². The van der Waals surface area contributed by atoms with Crippen LogP contribution in [0.4, 0.5) is 0 Å². The topological polar surface area (TPSA) is 54.5 Å². The molecule has 0 radical (unpaired) electrons. The Morgan fingerprint density at radius 2 is 1.96 bits per heavy atom. The molecule has 2 aromatic heterocycles. The Morgan fingerprint density at radius 1 is 1.16 bits per heavy atom. The van der Waals surface area contributed by atoms with Gasteiger partial charge >= 0.3 is 0 Å². The number of hydrogen-bond acceptors (Lipinski definition) is 4. The predicted molar refractivity (Wildman–Crippen MR) is 94.3 cm³/mol. The van der Waals surface area contributed by atoms with Gasteiger partial charge in [-0.3, -0.25) is 9.69 Å². The number of likely N-dealkylation sites (tertiary alicyclic amines) is 1. The van der Waals surface area contributed by atoms with Gasteiger partial charge in [0, 0.05) is 19.6 Å². The Hall–Kier alpha value is -2.08. The summed E-state index contributed by atoms with van der Waals surface area (Å²) in [7, 11) is 0. The molecule has 2 aliphatic rings. The number of amides is 1. The summed E-state index contributed by atoms with van der Waals surface area (Å²) in [5, 5.41) is 0. The van der Waals surface area contributed by atoms with Crippen LogP contribution < -0.4 is 0 Å². The van der Waals surface area contributed by atoms with E-state index in [0.29, 0.717) is 17.9 Å². The lowest BCUT2D eigenvalue weighted by atomic mass is 10.2. The molecule has 6 heteroatoms. The van der Waals surface area contributed by atoms with Crippen molar-refractivity contribution in [2.75, 3.05) is 19.6 Å². The smallest absolute Gasteiger partial charge is 0.257 e. The minimum absolute atomic E-state index is 0.0659. The quantitative estimate of drug-likeness (QED) is 0.861. The third kappa shape index (κ3) is 3.23. The SMILES string of the molecule is Cc1cc(C(=O)N2CCCn3cnc(CN4CCCC4)c3C2)c(C)o1. The van der Waals surface area contributed by atoms with Crippen LogP contribution in [-0.4, -0.2) is 44.9 Å². The first-order valence-electron chi connectivity index (χ1n) is 9.23. The maximum absolute atomic E-state index is 13.0. The highest BCUT2D eigenvalue weighted by molar-refractivity contribution is 5.95. The molecule has 0 bridgehead atoms. The normalized spacial score (nSPS) is 18.4. The molecule has 4 heterocycles. The summed E-state index contributed by atoms with van der Waals surface area (Å²) in [5.41, 5.74) is 3.00. The predicted octanol–water partition coefficient (Wildman–Crippen LogP) is 2.73. The van der Waals surface area contributed by atoms with E-state index in [9.17, 15) is 4.79 Å². The Kier molecular flexibility index (Phi) is 4.37. The number of carbonyl (C=O) groups excluding carboxylic acids is 1. The number of furan rings is 1. The number of fused-ring (bicyclic) bond motifs is 1. The maximum atomic E-state index is 13.0. The summed E-state index contributed by atoms with van der Waals surface area (Å²) in [6.45, 7) is 9.28. The van der Waals surface area contributed by atoms with Crippen molar-refractivity contribution in [1.29, 1.82) is 0 Å². The lowest BCUT2D eigenvalue weighted by molar-refractivity contribution is 0.0743. The summed E-state index contributed by atoms with van der Waals surface area (Å²) in [6.07, 6.45) is 5.45. The zero-order valence-electron chi connectivity index (χ0n) is 15.1. The van der Waals surface area contributed by atoms with Gasteiger partial charge in [0.05, 0.1) is 29.8 Å². The summed E-state index contributed by atoms with van der Waals surface area (Å²) in [4.78, 5) is 22.1. The minimum Gasteiger partial charge on any atom is -0.466 e. The Morgan fingerprint density at radius 3 is 2.68 bits per heavy atom. The Labute approximate surface area is 148 Å². The highest BCUT2D eigenvalue weighted by Crippen LogP contribution is 2.23. The van der Waals surface area contributed by atoms with Crippen molar-refractivity contribution in [3.63, 3.8) is 0 Å². The van der Waals surface area contributed by atoms with Gasteiger partial charge in [-0.25, -0.2) is 4.98 Å². The number of nitrogens with zero attached hydrogens (tertiary/aromatic N) is 4. The number of aryl methyl sites for hydroxylation is 3. The van der Waals surface area contributed by atoms with Crippen LogP contribution >= 0.6 is 0 Å². The molecule has 1 fully saturated rings. The van der Waals surface area contributed by atoms with Gasteiger partial charge in [0.25, 0.3) is 5.91 Å². The van der Waals surface area contributed by atoms with E-state index < -0.39 is 0 Å². The van der Waals surface area contributed by atoms with Crippen molar-refractivity contribution in [2.24, 2.45) is 0 Å². The van der Waals surface area contributed by atoms with E-state index in [1.807, 2.05) is 31.1 Å². The van der Waals surface area contributed by atoms with Crippen molar-refractivity contribution in [3.05, 3.63) is 40.9 Å². The fourth-order valence-electron chi connectivity index (χ4n) is 3.99. The van der Waals surface area contributed by atoms with Crippen LogP contribution in [0.1, 0.15) is 52.5 Å². The summed E-state index contributed by atoms with van der Waals surface area (Å²) >= 11 is 0. The molecule has 0 atom stereocenters. The molecule has 0 N–H and O–H groups in total. The van der Waals surface area contributed by atoms with Crippen molar-refractivity contribution >= 4 is 5.91 Å². The van der Waals surface area contributed by atoms with E-state index in [0.717, 1.165) is 50.6 Å². The molecule has 6 nitrogen and oxygen atoms in total. The minimum atomic E-state index is 0.0659. The molecular formula is C19H26N4O2. The van der Waals surface area contributed by atoms with E-state index in [1.54, 1.807) is 0 Å². The van der Waals surface area contributed by atoms with E-state index in [2.05, 4.69) is 14.5 Å². The fourth-order valence-corrected chi connectivity index (χ4v) is 3.99. The molecule has 0 spiro atoms. The number of aromatic nitrogens is 2. The molecular weight excluding hydrogens is 316 g/mol. The number of imidazole rings is 1. The maximum Gasteiger partial charge on any atom is 0.257 e. The molecule has 134 valence electrons. The van der Waals surface area contributed by atoms with Gasteiger partial charge in [-0.1, -0.05) is 0 Å². The lowest BCUT2D eigenvalue weighted by Crippen LogP contribution is -2.31. The monoisotopic (exact) mass is 342 g/mol. The molecule has 0 saturated carbocycles. The summed E-state index contributed by atoms with van der Waals surface area (Å²) < 4.78 is 7.78. The third-order valence-corrected chi connectivity index (χ3v) is 5.33. The van der Waals surface area contributed by atoms with Crippen LogP contribution in [0.2, 0.25) is 0 Å². The highest BCUT2D eigenvalue weighted by atomic mass is 16.3. The number of rotatable bonds is 3. The van der Waals surface area contributed by atoms with Crippen LogP contribution in [0.5, 0.6) is 0 Å². The van der Waals surface area contributed by atoms with Crippen molar-refractivity contribution in [3.8, 4) is 0 Å². The lowest BCUT2D eigenvalue weighted by Gasteiger charge is -2.21. The van der Waals surface area contributed by atoms with Gasteiger partial charge in [0.1, 0.15) is 11.5 Å². The van der Waals surface area contributed by atoms with Crippen LogP contribution in [-0.2, 0) is 19.6 Å². The average molecular weight is 342 g/mol. The van der Waals surface area contributed by atoms with Crippen molar-refractivity contribution in [1.82, 2.24) is 19.4 Å². The van der Waals surface area contributed by atoms with Crippen molar-refractivity contribution < 1.29 is 9.21 Å². The number of hydrogen-bond donors (Lipinski definition) is 0. The van der Waals surface area contributed by atoms with E-state index in [4.69, 9.17) is 4.42 Å². The molecule has 2 aliphatic heterocycles. The first-order valence-corrected chi connectivity index (χ1v) is 9.23. The molecule has 1 saturated heterocycles. The van der Waals surface area contributed by atoms with E-state index in [-0.39, 0.29) is 5.91 Å². The Bertz CT molecular complexity index is 770. The largest absolute Gasteiger partial charge is 0.466 e. The Balaban J connectivity index is 1.56. The summed E-state index contributed by atoms with van der Waals surface area (Å²) in [6, 6.07) is 1.85. The zero-order valence-corrected chi connectivity index (χ0v) is 15.1. The first-order chi connectivity index (χ1) is 12.1. The molecule has 2 aromatic rings. The van der Waals surface area contributed by atoms with Crippen LogP contribution in [0.15, 0.2) is 16.8 Å². The van der Waals surface area contributed by atoms with E-state index in [1.165, 1.54) is 18.5 Å². The third-order valence-electron chi connectivity index (χ3n) is 5.33. The molecule has 4 rings (SSSR count). The molecule has 1 amide bonds. The molecule has 0 unspecified atom stereocenters. The number of carbonyl (C=O) groups is 1. The highest BCUT2D eigenvalue weighted by Gasteiger charge is 2.26. The fraction of sp³-hybridized carbons (Fsp3) is 0.579. The van der Waals surface area contributed by atoms with Gasteiger partial charge < -0.3 is 13.9 Å². The van der Waals surface area contributed by atoms with Gasteiger partial charge in [0.15, 0.2) is 0 Å². The van der Waals surface area contributed by atoms with Crippen molar-refractivity contribution in [2.45, 2.75) is 52.7 Å². The first kappa shape index (κ1) is 16.4. The summed E-state index contributed by atoms with van der Waals surface area (Å²) in [5.74, 6) is 1.56. The second-order valence-electron chi connectivity index (χ2n) is 7.22. The second-order valence-corrected chi connectivity index (χ2v) is 7.22. The van der Waals surface area contributed by atoms with Gasteiger partial charge in [-0.15, -0.1) is 0 Å². The van der Waals surface area contributed by atoms with E-state index >= 15 is 0 Å². The van der Waals surface area contributed by atoms with Crippen LogP contribution in [0.3, 0.4) is 0 Å². The molecule has 25 heavy (non-hydrogen) atoms. The van der Waals surface area contributed by atoms with Gasteiger partial charge in [-0.05, 0) is 52.3 Å². The van der Waals surface area contributed by atoms with Crippen LogP contribution in [0.25, 0.3) is 0 Å².